The highest BCUT2D eigenvalue weighted by Gasteiger charge is 2.25. The molecule has 0 aromatic carbocycles. The van der Waals surface area contributed by atoms with Crippen LogP contribution < -0.4 is 5.32 Å². The highest BCUT2D eigenvalue weighted by molar-refractivity contribution is 5.88. The van der Waals surface area contributed by atoms with Crippen LogP contribution in [-0.2, 0) is 27.2 Å². The van der Waals surface area contributed by atoms with Crippen LogP contribution in [0.3, 0.4) is 0 Å². The lowest BCUT2D eigenvalue weighted by Gasteiger charge is -2.12. The average Bonchev–Trinajstić information content (AvgIpc) is 3.03. The van der Waals surface area contributed by atoms with E-state index in [9.17, 15) is 9.59 Å². The maximum absolute atomic E-state index is 11.7. The van der Waals surface area contributed by atoms with E-state index in [2.05, 4.69) is 15.6 Å². The summed E-state index contributed by atoms with van der Waals surface area (Å²) in [5.41, 5.74) is 0.869. The summed E-state index contributed by atoms with van der Waals surface area (Å²) < 4.78 is 11.4. The molecule has 1 aromatic rings. The van der Waals surface area contributed by atoms with Crippen molar-refractivity contribution in [2.24, 2.45) is 0 Å². The van der Waals surface area contributed by atoms with Gasteiger partial charge in [0.05, 0.1) is 26.0 Å². The molecule has 1 aliphatic rings. The van der Waals surface area contributed by atoms with Gasteiger partial charge in [-0.2, -0.15) is 0 Å². The Bertz CT molecular complexity index is 500. The Morgan fingerprint density at radius 2 is 2.30 bits per heavy atom. The summed E-state index contributed by atoms with van der Waals surface area (Å²) in [6.45, 7) is 0.948. The minimum absolute atomic E-state index is 0.0241. The molecule has 8 heteroatoms. The number of methoxy groups -OCH3 is 2. The molecular weight excluding hydrogens is 264 g/mol. The van der Waals surface area contributed by atoms with E-state index in [-0.39, 0.29) is 17.6 Å². The maximum Gasteiger partial charge on any atom is 0.360 e. The second-order valence-corrected chi connectivity index (χ2v) is 4.60. The molecule has 0 aliphatic carbocycles. The molecule has 1 amide bonds. The summed E-state index contributed by atoms with van der Waals surface area (Å²) in [5, 5.41) is 10.7. The average molecular weight is 282 g/mol. The van der Waals surface area contributed by atoms with Crippen LogP contribution in [-0.4, -0.2) is 53.7 Å². The number of hydrogen-bond donors (Lipinski definition) is 1. The van der Waals surface area contributed by atoms with Crippen molar-refractivity contribution < 1.29 is 19.1 Å². The SMILES string of the molecule is COCCc1c(C(=O)OC)nnn1CC1CCC(=O)N1. The van der Waals surface area contributed by atoms with Crippen molar-refractivity contribution in [3.05, 3.63) is 11.4 Å². The van der Waals surface area contributed by atoms with Gasteiger partial charge in [-0.25, -0.2) is 9.48 Å². The first-order valence-corrected chi connectivity index (χ1v) is 6.44. The van der Waals surface area contributed by atoms with Crippen molar-refractivity contribution in [2.75, 3.05) is 20.8 Å². The number of rotatable bonds is 6. The smallest absolute Gasteiger partial charge is 0.360 e. The van der Waals surface area contributed by atoms with Gasteiger partial charge in [0, 0.05) is 26.0 Å². The van der Waals surface area contributed by atoms with Gasteiger partial charge in [0.25, 0.3) is 0 Å². The molecule has 0 saturated carbocycles. The molecule has 1 aromatic heterocycles. The fourth-order valence-electron chi connectivity index (χ4n) is 2.20. The number of carbonyl (C=O) groups excluding carboxylic acids is 2. The summed E-state index contributed by atoms with van der Waals surface area (Å²) in [5.74, 6) is -0.473. The Morgan fingerprint density at radius 3 is 2.90 bits per heavy atom. The zero-order chi connectivity index (χ0) is 14.5. The fraction of sp³-hybridized carbons (Fsp3) is 0.667. The van der Waals surface area contributed by atoms with E-state index in [0.29, 0.717) is 31.7 Å². The third-order valence-electron chi connectivity index (χ3n) is 3.24. The normalized spacial score (nSPS) is 18.1. The molecule has 8 nitrogen and oxygen atoms in total. The van der Waals surface area contributed by atoms with Gasteiger partial charge in [0.15, 0.2) is 5.69 Å². The third kappa shape index (κ3) is 3.13. The number of ether oxygens (including phenoxy) is 2. The van der Waals surface area contributed by atoms with E-state index in [1.54, 1.807) is 11.8 Å². The second kappa shape index (κ2) is 6.47. The quantitative estimate of drug-likeness (QED) is 0.709. The van der Waals surface area contributed by atoms with Gasteiger partial charge in [-0.1, -0.05) is 5.21 Å². The van der Waals surface area contributed by atoms with E-state index >= 15 is 0 Å². The molecule has 1 N–H and O–H groups in total. The van der Waals surface area contributed by atoms with Crippen LogP contribution >= 0.6 is 0 Å². The van der Waals surface area contributed by atoms with Crippen LogP contribution in [0.5, 0.6) is 0 Å². The van der Waals surface area contributed by atoms with Crippen molar-refractivity contribution in [1.82, 2.24) is 20.3 Å². The molecule has 2 heterocycles. The number of nitrogens with one attached hydrogen (secondary N) is 1. The van der Waals surface area contributed by atoms with Crippen LogP contribution in [0.1, 0.15) is 29.0 Å². The molecule has 0 radical (unpaired) electrons. The highest BCUT2D eigenvalue weighted by Crippen LogP contribution is 2.13. The Labute approximate surface area is 116 Å². The number of nitrogens with zero attached hydrogens (tertiary/aromatic N) is 3. The molecule has 1 unspecified atom stereocenters. The van der Waals surface area contributed by atoms with E-state index in [1.165, 1.54) is 7.11 Å². The number of esters is 1. The molecule has 0 spiro atoms. The Hall–Kier alpha value is -1.96. The Balaban J connectivity index is 2.16. The molecule has 2 rings (SSSR count). The van der Waals surface area contributed by atoms with Crippen LogP contribution in [0.4, 0.5) is 0 Å². The Kier molecular flexibility index (Phi) is 4.67. The summed E-state index contributed by atoms with van der Waals surface area (Å²) >= 11 is 0. The van der Waals surface area contributed by atoms with Crippen LogP contribution in [0, 0.1) is 0 Å². The monoisotopic (exact) mass is 282 g/mol. The zero-order valence-electron chi connectivity index (χ0n) is 11.6. The summed E-state index contributed by atoms with van der Waals surface area (Å²) in [6, 6.07) is 0.0241. The number of amides is 1. The molecule has 110 valence electrons. The van der Waals surface area contributed by atoms with E-state index in [1.807, 2.05) is 0 Å². The molecular formula is C12H18N4O4. The van der Waals surface area contributed by atoms with E-state index in [0.717, 1.165) is 6.42 Å². The maximum atomic E-state index is 11.7. The lowest BCUT2D eigenvalue weighted by Crippen LogP contribution is -2.30. The summed E-state index contributed by atoms with van der Waals surface area (Å²) in [6.07, 6.45) is 1.79. The molecule has 0 bridgehead atoms. The van der Waals surface area contributed by atoms with Gasteiger partial charge in [-0.15, -0.1) is 5.10 Å². The molecule has 1 aliphatic heterocycles. The standard InChI is InChI=1S/C12H18N4O4/c1-19-6-5-9-11(12(18)20-2)14-15-16(9)7-8-3-4-10(17)13-8/h8H,3-7H2,1-2H3,(H,13,17). The third-order valence-corrected chi connectivity index (χ3v) is 3.24. The number of aromatic nitrogens is 3. The van der Waals surface area contributed by atoms with Crippen molar-refractivity contribution >= 4 is 11.9 Å². The lowest BCUT2D eigenvalue weighted by atomic mass is 10.2. The second-order valence-electron chi connectivity index (χ2n) is 4.60. The topological polar surface area (TPSA) is 95.3 Å². The fourth-order valence-corrected chi connectivity index (χ4v) is 2.20. The van der Waals surface area contributed by atoms with Gasteiger partial charge in [-0.05, 0) is 6.42 Å². The highest BCUT2D eigenvalue weighted by atomic mass is 16.5. The van der Waals surface area contributed by atoms with Gasteiger partial charge >= 0.3 is 5.97 Å². The van der Waals surface area contributed by atoms with Gasteiger partial charge in [0.1, 0.15) is 0 Å². The van der Waals surface area contributed by atoms with Crippen molar-refractivity contribution in [1.29, 1.82) is 0 Å². The largest absolute Gasteiger partial charge is 0.464 e. The van der Waals surface area contributed by atoms with Gasteiger partial charge in [-0.3, -0.25) is 4.79 Å². The van der Waals surface area contributed by atoms with E-state index in [4.69, 9.17) is 9.47 Å². The first kappa shape index (κ1) is 14.4. The number of carbonyl (C=O) groups is 2. The first-order chi connectivity index (χ1) is 9.65. The van der Waals surface area contributed by atoms with Crippen LogP contribution in [0.2, 0.25) is 0 Å². The predicted octanol–water partition coefficient (Wildman–Crippen LogP) is -0.468. The van der Waals surface area contributed by atoms with Crippen molar-refractivity contribution in [3.63, 3.8) is 0 Å². The minimum atomic E-state index is -0.516. The van der Waals surface area contributed by atoms with Crippen LogP contribution in [0.25, 0.3) is 0 Å². The summed E-state index contributed by atoms with van der Waals surface area (Å²) in [4.78, 5) is 22.9. The molecule has 1 saturated heterocycles. The van der Waals surface area contributed by atoms with Crippen molar-refractivity contribution in [3.8, 4) is 0 Å². The van der Waals surface area contributed by atoms with Crippen LogP contribution in [0.15, 0.2) is 0 Å². The number of hydrogen-bond acceptors (Lipinski definition) is 6. The van der Waals surface area contributed by atoms with E-state index < -0.39 is 5.97 Å². The first-order valence-electron chi connectivity index (χ1n) is 6.44. The van der Waals surface area contributed by atoms with Crippen molar-refractivity contribution in [2.45, 2.75) is 31.8 Å². The summed E-state index contributed by atoms with van der Waals surface area (Å²) in [7, 11) is 2.89. The lowest BCUT2D eigenvalue weighted by molar-refractivity contribution is -0.119. The zero-order valence-corrected chi connectivity index (χ0v) is 11.6. The predicted molar refractivity (Wildman–Crippen MR) is 68.1 cm³/mol. The Morgan fingerprint density at radius 1 is 1.50 bits per heavy atom. The molecule has 1 fully saturated rings. The molecule has 20 heavy (non-hydrogen) atoms. The minimum Gasteiger partial charge on any atom is -0.464 e. The molecule has 1 atom stereocenters. The van der Waals surface area contributed by atoms with Gasteiger partial charge < -0.3 is 14.8 Å². The van der Waals surface area contributed by atoms with Gasteiger partial charge in [0.2, 0.25) is 5.91 Å².